The van der Waals surface area contributed by atoms with Gasteiger partial charge in [-0.15, -0.1) is 0 Å². The molecule has 2 aromatic rings. The topological polar surface area (TPSA) is 118 Å². The average Bonchev–Trinajstić information content (AvgIpc) is 2.95. The molecule has 1 fully saturated rings. The monoisotopic (exact) mass is 578 g/mol. The highest BCUT2D eigenvalue weighted by molar-refractivity contribution is 5.89. The van der Waals surface area contributed by atoms with Crippen molar-refractivity contribution in [3.8, 4) is 0 Å². The van der Waals surface area contributed by atoms with Gasteiger partial charge in [0.25, 0.3) is 11.5 Å². The lowest BCUT2D eigenvalue weighted by Crippen LogP contribution is -2.61. The summed E-state index contributed by atoms with van der Waals surface area (Å²) in [5.41, 5.74) is 4.83. The third-order valence-corrected chi connectivity index (χ3v) is 8.45. The van der Waals surface area contributed by atoms with Gasteiger partial charge in [0.15, 0.2) is 0 Å². The van der Waals surface area contributed by atoms with Crippen LogP contribution in [-0.4, -0.2) is 57.1 Å². The van der Waals surface area contributed by atoms with Crippen LogP contribution in [0.3, 0.4) is 0 Å². The van der Waals surface area contributed by atoms with Crippen molar-refractivity contribution in [1.29, 1.82) is 0 Å². The molecule has 5 bridgehead atoms. The van der Waals surface area contributed by atoms with Crippen molar-refractivity contribution in [3.63, 3.8) is 0 Å². The molecule has 1 aromatic heterocycles. The molecule has 10 nitrogen and oxygen atoms in total. The molecule has 2 aliphatic rings. The molecule has 1 aromatic carbocycles. The summed E-state index contributed by atoms with van der Waals surface area (Å²) < 4.78 is 7.93. The van der Waals surface area contributed by atoms with Crippen LogP contribution in [0.5, 0.6) is 0 Å². The van der Waals surface area contributed by atoms with Crippen molar-refractivity contribution in [2.45, 2.75) is 91.6 Å². The second-order valence-electron chi connectivity index (χ2n) is 12.6. The minimum atomic E-state index is -0.728. The maximum absolute atomic E-state index is 13.4. The van der Waals surface area contributed by atoms with E-state index in [-0.39, 0.29) is 35.4 Å². The molecule has 228 valence electrons. The van der Waals surface area contributed by atoms with Crippen LogP contribution in [-0.2, 0) is 21.4 Å². The zero-order valence-corrected chi connectivity index (χ0v) is 26.2. The zero-order chi connectivity index (χ0) is 30.9. The molecule has 10 heteroatoms. The molecule has 3 N–H and O–H groups in total. The molecule has 0 saturated carbocycles. The summed E-state index contributed by atoms with van der Waals surface area (Å²) in [6, 6.07) is 4.16. The molecule has 4 rings (SSSR count). The average molecular weight is 579 g/mol. The Balaban J connectivity index is 1.76. The maximum atomic E-state index is 13.4. The number of ether oxygens (including phenoxy) is 1. The Bertz CT molecular complexity index is 1440. The number of hydrazine groups is 1. The number of nitrogens with one attached hydrogen (secondary N) is 3. The van der Waals surface area contributed by atoms with Gasteiger partial charge < -0.3 is 15.4 Å². The van der Waals surface area contributed by atoms with Crippen molar-refractivity contribution in [2.24, 2.45) is 18.4 Å². The Morgan fingerprint density at radius 3 is 2.52 bits per heavy atom. The minimum absolute atomic E-state index is 0.0497. The first-order valence-corrected chi connectivity index (χ1v) is 14.9. The van der Waals surface area contributed by atoms with Crippen molar-refractivity contribution in [3.05, 3.63) is 58.3 Å². The highest BCUT2D eigenvalue weighted by atomic mass is 16.5. The number of aromatic nitrogens is 2. The lowest BCUT2D eigenvalue weighted by atomic mass is 9.87. The number of carbonyl (C=O) groups is 2. The standard InChI is InChI=1S/C32H46N6O4/c1-18(2)27-29(39)33-19(3)30(40)38-16-10-11-25(36-38)20(4)42-21(5)28-35-26-17-23(12-13-24(26)31(41)37(28)9)14-15-32(7,8)22(6)34-27/h12-15,17-21,25,27,34,36H,6,10-11,16H2,1-5,7-9H3,(H,33,39)/b15-14+/t19-,20?,21+,25?,27-/m0/s1. The summed E-state index contributed by atoms with van der Waals surface area (Å²) in [4.78, 5) is 44.9. The van der Waals surface area contributed by atoms with Crippen LogP contribution in [0.25, 0.3) is 17.0 Å². The van der Waals surface area contributed by atoms with Crippen molar-refractivity contribution >= 4 is 28.8 Å². The van der Waals surface area contributed by atoms with Gasteiger partial charge in [0.05, 0.1) is 23.0 Å². The third-order valence-electron chi connectivity index (χ3n) is 8.45. The molecule has 2 aliphatic heterocycles. The Morgan fingerprint density at radius 2 is 1.83 bits per heavy atom. The van der Waals surface area contributed by atoms with Gasteiger partial charge in [0, 0.05) is 24.7 Å². The lowest BCUT2D eigenvalue weighted by molar-refractivity contribution is -0.143. The van der Waals surface area contributed by atoms with Gasteiger partial charge in [0.2, 0.25) is 5.91 Å². The Labute approximate surface area is 248 Å². The number of benzene rings is 1. The van der Waals surface area contributed by atoms with Crippen LogP contribution >= 0.6 is 0 Å². The molecular formula is C32H46N6O4. The summed E-state index contributed by atoms with van der Waals surface area (Å²) in [6.07, 6.45) is 4.85. The maximum Gasteiger partial charge on any atom is 0.261 e. The fourth-order valence-electron chi connectivity index (χ4n) is 5.47. The van der Waals surface area contributed by atoms with Crippen LogP contribution in [0.2, 0.25) is 0 Å². The van der Waals surface area contributed by atoms with E-state index in [9.17, 15) is 14.4 Å². The number of fused-ring (bicyclic) bond motifs is 4. The number of hydrogen-bond donors (Lipinski definition) is 3. The molecule has 1 saturated heterocycles. The Hall–Kier alpha value is -3.50. The largest absolute Gasteiger partial charge is 0.377 e. The zero-order valence-electron chi connectivity index (χ0n) is 26.2. The first-order valence-electron chi connectivity index (χ1n) is 14.9. The number of amides is 2. The van der Waals surface area contributed by atoms with E-state index < -0.39 is 23.6 Å². The third kappa shape index (κ3) is 6.60. The number of allylic oxidation sites excluding steroid dienone is 1. The summed E-state index contributed by atoms with van der Waals surface area (Å²) in [5, 5.41) is 8.37. The van der Waals surface area contributed by atoms with Crippen molar-refractivity contribution in [2.75, 3.05) is 6.54 Å². The summed E-state index contributed by atoms with van der Waals surface area (Å²) in [7, 11) is 1.71. The fraction of sp³-hybridized carbons (Fsp3) is 0.562. The fourth-order valence-corrected chi connectivity index (χ4v) is 5.47. The predicted molar refractivity (Wildman–Crippen MR) is 165 cm³/mol. The Kier molecular flexibility index (Phi) is 9.27. The van der Waals surface area contributed by atoms with Gasteiger partial charge >= 0.3 is 0 Å². The van der Waals surface area contributed by atoms with E-state index in [1.807, 2.05) is 65.8 Å². The van der Waals surface area contributed by atoms with E-state index in [0.29, 0.717) is 29.0 Å². The molecule has 0 radical (unpaired) electrons. The number of hydrogen-bond acceptors (Lipinski definition) is 7. The molecular weight excluding hydrogens is 532 g/mol. The van der Waals surface area contributed by atoms with Gasteiger partial charge in [0.1, 0.15) is 24.0 Å². The summed E-state index contributed by atoms with van der Waals surface area (Å²) >= 11 is 0. The van der Waals surface area contributed by atoms with Gasteiger partial charge in [-0.05, 0) is 57.2 Å². The van der Waals surface area contributed by atoms with Gasteiger partial charge in [-0.1, -0.05) is 52.5 Å². The van der Waals surface area contributed by atoms with E-state index in [1.54, 1.807) is 29.6 Å². The van der Waals surface area contributed by atoms with Crippen LogP contribution in [0, 0.1) is 11.3 Å². The molecule has 0 spiro atoms. The first kappa shape index (κ1) is 31.4. The highest BCUT2D eigenvalue weighted by Crippen LogP contribution is 2.28. The second kappa shape index (κ2) is 12.4. The second-order valence-corrected chi connectivity index (χ2v) is 12.6. The normalized spacial score (nSPS) is 28.5. The molecule has 2 amide bonds. The van der Waals surface area contributed by atoms with Crippen LogP contribution < -0.4 is 21.6 Å². The predicted octanol–water partition coefficient (Wildman–Crippen LogP) is 3.58. The van der Waals surface area contributed by atoms with Crippen molar-refractivity contribution in [1.82, 2.24) is 30.6 Å². The summed E-state index contributed by atoms with van der Waals surface area (Å²) in [5.74, 6) is 0.0155. The SMILES string of the molecule is C=C1N[C@@H](C(C)C)C(=O)N[C@@H](C)C(=O)N2CCCC(N2)C(C)O[C@H](C)c2nc3cc(ccc3c(=O)n2C)/C=C/C1(C)C. The number of rotatable bonds is 1. The van der Waals surface area contributed by atoms with E-state index in [4.69, 9.17) is 9.72 Å². The van der Waals surface area contributed by atoms with Crippen molar-refractivity contribution < 1.29 is 14.3 Å². The molecule has 2 unspecified atom stereocenters. The lowest BCUT2D eigenvalue weighted by Gasteiger charge is -2.38. The Morgan fingerprint density at radius 1 is 1.12 bits per heavy atom. The van der Waals surface area contributed by atoms with E-state index in [2.05, 4.69) is 22.6 Å². The molecule has 3 heterocycles. The quantitative estimate of drug-likeness (QED) is 0.474. The van der Waals surface area contributed by atoms with Crippen LogP contribution in [0.4, 0.5) is 0 Å². The van der Waals surface area contributed by atoms with E-state index in [0.717, 1.165) is 18.4 Å². The number of carbonyl (C=O) groups excluding carboxylic acids is 2. The molecule has 5 atom stereocenters. The van der Waals surface area contributed by atoms with E-state index >= 15 is 0 Å². The highest BCUT2D eigenvalue weighted by Gasteiger charge is 2.33. The summed E-state index contributed by atoms with van der Waals surface area (Å²) in [6.45, 7) is 18.3. The number of nitrogens with zero attached hydrogens (tertiary/aromatic N) is 3. The van der Waals surface area contributed by atoms with E-state index in [1.165, 1.54) is 0 Å². The molecule has 42 heavy (non-hydrogen) atoms. The smallest absolute Gasteiger partial charge is 0.261 e. The van der Waals surface area contributed by atoms with Crippen LogP contribution in [0.15, 0.2) is 41.3 Å². The van der Waals surface area contributed by atoms with Gasteiger partial charge in [-0.2, -0.15) is 0 Å². The first-order chi connectivity index (χ1) is 19.7. The van der Waals surface area contributed by atoms with Gasteiger partial charge in [-0.25, -0.2) is 10.4 Å². The molecule has 0 aliphatic carbocycles. The van der Waals surface area contributed by atoms with Crippen LogP contribution in [0.1, 0.15) is 78.8 Å². The minimum Gasteiger partial charge on any atom is -0.377 e. The van der Waals surface area contributed by atoms with Gasteiger partial charge in [-0.3, -0.25) is 24.0 Å².